The molecule has 13 heavy (non-hydrogen) atoms. The van der Waals surface area contributed by atoms with Crippen molar-refractivity contribution in [3.8, 4) is 0 Å². The number of rotatable bonds is 3. The van der Waals surface area contributed by atoms with E-state index < -0.39 is 5.97 Å². The molecule has 0 saturated carbocycles. The zero-order chi connectivity index (χ0) is 9.84. The van der Waals surface area contributed by atoms with Crippen LogP contribution in [0.15, 0.2) is 18.2 Å². The first-order valence-corrected chi connectivity index (χ1v) is 4.12. The monoisotopic (exact) mass is 179 g/mol. The van der Waals surface area contributed by atoms with E-state index in [1.165, 1.54) is 0 Å². The molecule has 1 aromatic rings. The number of carbonyl (C=O) groups is 1. The van der Waals surface area contributed by atoms with Gasteiger partial charge in [0.25, 0.3) is 0 Å². The summed E-state index contributed by atoms with van der Waals surface area (Å²) >= 11 is 0. The Balaban J connectivity index is 3.03. The first-order valence-electron chi connectivity index (χ1n) is 4.12. The van der Waals surface area contributed by atoms with Crippen LogP contribution < -0.4 is 5.32 Å². The fraction of sp³-hybridized carbons (Fsp3) is 0.300. The van der Waals surface area contributed by atoms with Gasteiger partial charge in [-0.15, -0.1) is 0 Å². The van der Waals surface area contributed by atoms with Gasteiger partial charge in [0.15, 0.2) is 0 Å². The standard InChI is InChI=1S/C10H13NO2/c1-7-3-8(6-11-2)5-9(4-7)10(12)13/h3-5,11H,6H2,1-2H3,(H,12,13). The molecule has 70 valence electrons. The van der Waals surface area contributed by atoms with E-state index in [0.29, 0.717) is 12.1 Å². The Labute approximate surface area is 77.4 Å². The molecule has 0 aromatic heterocycles. The third kappa shape index (κ3) is 2.56. The largest absolute Gasteiger partial charge is 0.478 e. The van der Waals surface area contributed by atoms with E-state index in [0.717, 1.165) is 11.1 Å². The molecule has 0 bridgehead atoms. The van der Waals surface area contributed by atoms with Crippen LogP contribution in [0.1, 0.15) is 21.5 Å². The molecule has 2 N–H and O–H groups in total. The van der Waals surface area contributed by atoms with Crippen LogP contribution in [0, 0.1) is 6.92 Å². The summed E-state index contributed by atoms with van der Waals surface area (Å²) in [6, 6.07) is 5.33. The fourth-order valence-electron chi connectivity index (χ4n) is 1.29. The van der Waals surface area contributed by atoms with Crippen molar-refractivity contribution >= 4 is 5.97 Å². The van der Waals surface area contributed by atoms with Crippen molar-refractivity contribution in [2.45, 2.75) is 13.5 Å². The van der Waals surface area contributed by atoms with Crippen molar-refractivity contribution in [2.24, 2.45) is 0 Å². The van der Waals surface area contributed by atoms with Gasteiger partial charge in [-0.05, 0) is 37.2 Å². The van der Waals surface area contributed by atoms with Crippen LogP contribution in [0.3, 0.4) is 0 Å². The Kier molecular flexibility index (Phi) is 3.03. The molecule has 0 radical (unpaired) electrons. The van der Waals surface area contributed by atoms with Gasteiger partial charge >= 0.3 is 5.97 Å². The van der Waals surface area contributed by atoms with Gasteiger partial charge < -0.3 is 10.4 Å². The highest BCUT2D eigenvalue weighted by atomic mass is 16.4. The Bertz CT molecular complexity index is 321. The minimum atomic E-state index is -0.874. The maximum Gasteiger partial charge on any atom is 0.335 e. The second kappa shape index (κ2) is 4.05. The molecular formula is C10H13NO2. The third-order valence-corrected chi connectivity index (χ3v) is 1.76. The Morgan fingerprint density at radius 1 is 1.46 bits per heavy atom. The second-order valence-electron chi connectivity index (χ2n) is 3.04. The van der Waals surface area contributed by atoms with Gasteiger partial charge in [0.05, 0.1) is 5.56 Å². The van der Waals surface area contributed by atoms with Crippen molar-refractivity contribution in [3.05, 3.63) is 34.9 Å². The summed E-state index contributed by atoms with van der Waals surface area (Å²) in [5.74, 6) is -0.874. The highest BCUT2D eigenvalue weighted by molar-refractivity contribution is 5.88. The van der Waals surface area contributed by atoms with E-state index in [9.17, 15) is 4.79 Å². The number of aryl methyl sites for hydroxylation is 1. The molecule has 0 unspecified atom stereocenters. The highest BCUT2D eigenvalue weighted by Gasteiger charge is 2.04. The van der Waals surface area contributed by atoms with Gasteiger partial charge in [0.2, 0.25) is 0 Å². The normalized spacial score (nSPS) is 10.0. The number of benzene rings is 1. The Morgan fingerprint density at radius 2 is 2.15 bits per heavy atom. The van der Waals surface area contributed by atoms with Gasteiger partial charge in [-0.2, -0.15) is 0 Å². The average Bonchev–Trinajstić information content (AvgIpc) is 2.03. The topological polar surface area (TPSA) is 49.3 Å². The van der Waals surface area contributed by atoms with E-state index in [2.05, 4.69) is 5.32 Å². The first kappa shape index (κ1) is 9.74. The molecule has 1 rings (SSSR count). The lowest BCUT2D eigenvalue weighted by molar-refractivity contribution is 0.0696. The van der Waals surface area contributed by atoms with Gasteiger partial charge in [-0.25, -0.2) is 4.79 Å². The van der Waals surface area contributed by atoms with E-state index in [1.54, 1.807) is 12.1 Å². The number of carboxylic acid groups (broad SMARTS) is 1. The smallest absolute Gasteiger partial charge is 0.335 e. The van der Waals surface area contributed by atoms with Crippen LogP contribution in [0.5, 0.6) is 0 Å². The summed E-state index contributed by atoms with van der Waals surface area (Å²) in [5.41, 5.74) is 2.33. The summed E-state index contributed by atoms with van der Waals surface area (Å²) in [7, 11) is 1.84. The zero-order valence-electron chi connectivity index (χ0n) is 7.79. The molecule has 3 heteroatoms. The molecule has 3 nitrogen and oxygen atoms in total. The fourth-order valence-corrected chi connectivity index (χ4v) is 1.29. The third-order valence-electron chi connectivity index (χ3n) is 1.76. The molecule has 0 fully saturated rings. The lowest BCUT2D eigenvalue weighted by Crippen LogP contribution is -2.07. The minimum absolute atomic E-state index is 0.352. The summed E-state index contributed by atoms with van der Waals surface area (Å²) < 4.78 is 0. The van der Waals surface area contributed by atoms with E-state index >= 15 is 0 Å². The van der Waals surface area contributed by atoms with Gasteiger partial charge in [-0.3, -0.25) is 0 Å². The molecule has 0 heterocycles. The van der Waals surface area contributed by atoms with Crippen molar-refractivity contribution < 1.29 is 9.90 Å². The molecule has 0 saturated heterocycles. The van der Waals surface area contributed by atoms with Crippen molar-refractivity contribution in [2.75, 3.05) is 7.05 Å². The van der Waals surface area contributed by atoms with Crippen LogP contribution in [-0.2, 0) is 6.54 Å². The van der Waals surface area contributed by atoms with Crippen LogP contribution in [0.25, 0.3) is 0 Å². The van der Waals surface area contributed by atoms with Crippen molar-refractivity contribution in [1.29, 1.82) is 0 Å². The van der Waals surface area contributed by atoms with E-state index in [4.69, 9.17) is 5.11 Å². The number of carboxylic acids is 1. The van der Waals surface area contributed by atoms with Gasteiger partial charge in [0.1, 0.15) is 0 Å². The van der Waals surface area contributed by atoms with Crippen molar-refractivity contribution in [1.82, 2.24) is 5.32 Å². The lowest BCUT2D eigenvalue weighted by atomic mass is 10.1. The highest BCUT2D eigenvalue weighted by Crippen LogP contribution is 2.09. The predicted molar refractivity (Wildman–Crippen MR) is 50.9 cm³/mol. The molecule has 1 aromatic carbocycles. The summed E-state index contributed by atoms with van der Waals surface area (Å²) in [6.07, 6.45) is 0. The number of hydrogen-bond donors (Lipinski definition) is 2. The Hall–Kier alpha value is -1.35. The van der Waals surface area contributed by atoms with Crippen LogP contribution in [0.4, 0.5) is 0 Å². The van der Waals surface area contributed by atoms with E-state index in [-0.39, 0.29) is 0 Å². The first-order chi connectivity index (χ1) is 6.13. The second-order valence-corrected chi connectivity index (χ2v) is 3.04. The number of hydrogen-bond acceptors (Lipinski definition) is 2. The SMILES string of the molecule is CNCc1cc(C)cc(C(=O)O)c1. The van der Waals surface area contributed by atoms with Crippen molar-refractivity contribution in [3.63, 3.8) is 0 Å². The minimum Gasteiger partial charge on any atom is -0.478 e. The molecule has 0 aliphatic carbocycles. The molecule has 0 spiro atoms. The predicted octanol–water partition coefficient (Wildman–Crippen LogP) is 1.41. The maximum atomic E-state index is 10.7. The van der Waals surface area contributed by atoms with Gasteiger partial charge in [0, 0.05) is 6.54 Å². The number of aromatic carboxylic acids is 1. The summed E-state index contributed by atoms with van der Waals surface area (Å²) in [4.78, 5) is 10.7. The molecule has 0 amide bonds. The Morgan fingerprint density at radius 3 is 2.69 bits per heavy atom. The maximum absolute atomic E-state index is 10.7. The van der Waals surface area contributed by atoms with Crippen LogP contribution in [0.2, 0.25) is 0 Å². The average molecular weight is 179 g/mol. The summed E-state index contributed by atoms with van der Waals surface area (Å²) in [5, 5.41) is 11.8. The zero-order valence-corrected chi connectivity index (χ0v) is 7.79. The molecule has 0 atom stereocenters. The molecule has 0 aliphatic rings. The molecule has 0 aliphatic heterocycles. The van der Waals surface area contributed by atoms with E-state index in [1.807, 2.05) is 20.0 Å². The lowest BCUT2D eigenvalue weighted by Gasteiger charge is -2.03. The summed E-state index contributed by atoms with van der Waals surface area (Å²) in [6.45, 7) is 2.59. The van der Waals surface area contributed by atoms with Crippen LogP contribution >= 0.6 is 0 Å². The van der Waals surface area contributed by atoms with Crippen LogP contribution in [-0.4, -0.2) is 18.1 Å². The van der Waals surface area contributed by atoms with Gasteiger partial charge in [-0.1, -0.05) is 6.07 Å². The number of nitrogens with one attached hydrogen (secondary N) is 1. The molecular weight excluding hydrogens is 166 g/mol. The quantitative estimate of drug-likeness (QED) is 0.737.